The topological polar surface area (TPSA) is 179 Å². The predicted molar refractivity (Wildman–Crippen MR) is 137 cm³/mol. The standard InChI is InChI=1S/C19H21N3O2.C4H3N3O4S/c1-12-10-14(8-9-17(12)20)21(3)13(2)11-22-18(23)15-6-4-5-7-16(15)19(22)24;5-4-2(6(8)9)1-3(12-4)7(10)11/h4-10,13H,11,20H2,1-3H3;1H,5H2. The first-order valence-electron chi connectivity index (χ1n) is 10.6. The normalized spacial score (nSPS) is 13.0. The van der Waals surface area contributed by atoms with Gasteiger partial charge in [-0.05, 0) is 61.1 Å². The molecular formula is C23H24N6O6S. The van der Waals surface area contributed by atoms with E-state index in [2.05, 4.69) is 4.90 Å². The van der Waals surface area contributed by atoms with Crippen LogP contribution in [0.3, 0.4) is 0 Å². The van der Waals surface area contributed by atoms with Crippen molar-refractivity contribution in [1.82, 2.24) is 4.90 Å². The molecule has 0 spiro atoms. The molecule has 36 heavy (non-hydrogen) atoms. The maximum Gasteiger partial charge on any atom is 0.333 e. The lowest BCUT2D eigenvalue weighted by atomic mass is 10.1. The Morgan fingerprint density at radius 2 is 1.58 bits per heavy atom. The van der Waals surface area contributed by atoms with Crippen LogP contribution in [0.1, 0.15) is 33.2 Å². The number of fused-ring (bicyclic) bond motifs is 1. The Balaban J connectivity index is 0.000000253. The summed E-state index contributed by atoms with van der Waals surface area (Å²) < 4.78 is 0. The van der Waals surface area contributed by atoms with Gasteiger partial charge in [0.1, 0.15) is 6.07 Å². The number of nitrogens with two attached hydrogens (primary N) is 2. The monoisotopic (exact) mass is 512 g/mol. The van der Waals surface area contributed by atoms with Gasteiger partial charge in [0.15, 0.2) is 5.00 Å². The molecule has 0 aliphatic carbocycles. The predicted octanol–water partition coefficient (Wildman–Crippen LogP) is 3.84. The fourth-order valence-electron chi connectivity index (χ4n) is 3.54. The molecule has 2 aromatic carbocycles. The second-order valence-corrected chi connectivity index (χ2v) is 9.18. The molecule has 1 unspecified atom stereocenters. The molecule has 13 heteroatoms. The second kappa shape index (κ2) is 10.4. The Morgan fingerprint density at radius 1 is 1.00 bits per heavy atom. The fourth-order valence-corrected chi connectivity index (χ4v) is 4.25. The summed E-state index contributed by atoms with van der Waals surface area (Å²) in [7, 11) is 1.95. The van der Waals surface area contributed by atoms with E-state index >= 15 is 0 Å². The minimum absolute atomic E-state index is 0.0183. The molecule has 12 nitrogen and oxygen atoms in total. The highest BCUT2D eigenvalue weighted by molar-refractivity contribution is 7.19. The van der Waals surface area contributed by atoms with E-state index in [0.29, 0.717) is 29.0 Å². The van der Waals surface area contributed by atoms with Gasteiger partial charge in [0.25, 0.3) is 11.8 Å². The SMILES string of the molecule is Cc1cc(N(C)C(C)CN2C(=O)c3ccccc3C2=O)ccc1N.Nc1sc([N+](=O)[O-])cc1[N+](=O)[O-]. The lowest BCUT2D eigenvalue weighted by Gasteiger charge is -2.30. The van der Waals surface area contributed by atoms with Crippen molar-refractivity contribution in [2.45, 2.75) is 19.9 Å². The molecule has 1 atom stereocenters. The second-order valence-electron chi connectivity index (χ2n) is 8.12. The summed E-state index contributed by atoms with van der Waals surface area (Å²) in [5, 5.41) is 19.8. The molecule has 1 aromatic heterocycles. The van der Waals surface area contributed by atoms with Gasteiger partial charge in [-0.2, -0.15) is 0 Å². The Bertz CT molecular complexity index is 1320. The molecule has 3 aromatic rings. The maximum absolute atomic E-state index is 12.5. The van der Waals surface area contributed by atoms with Crippen LogP contribution >= 0.6 is 11.3 Å². The number of imide groups is 1. The van der Waals surface area contributed by atoms with Crippen LogP contribution in [-0.2, 0) is 0 Å². The van der Waals surface area contributed by atoms with Crippen molar-refractivity contribution in [3.63, 3.8) is 0 Å². The third-order valence-electron chi connectivity index (χ3n) is 5.75. The number of likely N-dealkylation sites (N-methyl/N-ethyl adjacent to an activating group) is 1. The Morgan fingerprint density at radius 3 is 2.03 bits per heavy atom. The van der Waals surface area contributed by atoms with Crippen LogP contribution in [0.15, 0.2) is 48.5 Å². The van der Waals surface area contributed by atoms with Gasteiger partial charge < -0.3 is 16.4 Å². The zero-order valence-electron chi connectivity index (χ0n) is 19.7. The molecule has 188 valence electrons. The highest BCUT2D eigenvalue weighted by Crippen LogP contribution is 2.36. The molecule has 2 amide bonds. The highest BCUT2D eigenvalue weighted by Gasteiger charge is 2.36. The van der Waals surface area contributed by atoms with E-state index in [1.165, 1.54) is 4.90 Å². The number of nitro groups is 2. The van der Waals surface area contributed by atoms with Crippen LogP contribution in [0.2, 0.25) is 0 Å². The number of nitrogen functional groups attached to an aromatic ring is 2. The van der Waals surface area contributed by atoms with E-state index in [1.54, 1.807) is 24.3 Å². The minimum Gasteiger partial charge on any atom is -0.399 e. The summed E-state index contributed by atoms with van der Waals surface area (Å²) in [6.07, 6.45) is 0. The number of rotatable bonds is 6. The molecule has 1 aliphatic heterocycles. The van der Waals surface area contributed by atoms with Gasteiger partial charge in [-0.15, -0.1) is 0 Å². The number of thiophene rings is 1. The Hall–Kier alpha value is -4.52. The summed E-state index contributed by atoms with van der Waals surface area (Å²) in [5.74, 6) is -0.436. The zero-order valence-corrected chi connectivity index (χ0v) is 20.5. The lowest BCUT2D eigenvalue weighted by molar-refractivity contribution is -0.389. The molecule has 1 aliphatic rings. The summed E-state index contributed by atoms with van der Waals surface area (Å²) in [6, 6.07) is 13.6. The third kappa shape index (κ3) is 5.25. The first kappa shape index (κ1) is 26.1. The lowest BCUT2D eigenvalue weighted by Crippen LogP contribution is -2.43. The van der Waals surface area contributed by atoms with E-state index in [1.807, 2.05) is 39.1 Å². The van der Waals surface area contributed by atoms with Crippen molar-refractivity contribution in [3.05, 3.63) is 85.4 Å². The Kier molecular flexibility index (Phi) is 7.53. The molecular weight excluding hydrogens is 488 g/mol. The van der Waals surface area contributed by atoms with E-state index < -0.39 is 15.5 Å². The molecule has 4 rings (SSSR count). The van der Waals surface area contributed by atoms with Gasteiger partial charge in [0, 0.05) is 31.0 Å². The number of hydrogen-bond acceptors (Lipinski definition) is 10. The van der Waals surface area contributed by atoms with Crippen molar-refractivity contribution >= 4 is 50.2 Å². The molecule has 0 bridgehead atoms. The third-order valence-corrected chi connectivity index (χ3v) is 6.66. The molecule has 2 heterocycles. The molecule has 0 radical (unpaired) electrons. The van der Waals surface area contributed by atoms with Crippen LogP contribution in [0.4, 0.5) is 27.1 Å². The number of nitrogens with zero attached hydrogens (tertiary/aromatic N) is 4. The summed E-state index contributed by atoms with van der Waals surface area (Å²) >= 11 is 0.588. The largest absolute Gasteiger partial charge is 0.399 e. The van der Waals surface area contributed by atoms with Gasteiger partial charge in [-0.1, -0.05) is 12.1 Å². The first-order chi connectivity index (χ1) is 16.9. The van der Waals surface area contributed by atoms with E-state index in [-0.39, 0.29) is 27.9 Å². The number of carbonyl (C=O) groups excluding carboxylic acids is 2. The number of hydrogen-bond donors (Lipinski definition) is 2. The average Bonchev–Trinajstić information content (AvgIpc) is 3.35. The summed E-state index contributed by atoms with van der Waals surface area (Å²) in [6.45, 7) is 4.29. The van der Waals surface area contributed by atoms with Crippen LogP contribution in [0, 0.1) is 27.2 Å². The van der Waals surface area contributed by atoms with Crippen LogP contribution in [-0.4, -0.2) is 46.2 Å². The van der Waals surface area contributed by atoms with E-state index in [4.69, 9.17) is 11.5 Å². The molecule has 4 N–H and O–H groups in total. The van der Waals surface area contributed by atoms with Gasteiger partial charge >= 0.3 is 10.7 Å². The van der Waals surface area contributed by atoms with Crippen molar-refractivity contribution in [1.29, 1.82) is 0 Å². The van der Waals surface area contributed by atoms with Crippen LogP contribution in [0.5, 0.6) is 0 Å². The number of aryl methyl sites for hydroxylation is 1. The number of benzene rings is 2. The van der Waals surface area contributed by atoms with Crippen molar-refractivity contribution < 1.29 is 19.4 Å². The average molecular weight is 513 g/mol. The van der Waals surface area contributed by atoms with Gasteiger partial charge in [0.05, 0.1) is 21.0 Å². The van der Waals surface area contributed by atoms with Gasteiger partial charge in [-0.3, -0.25) is 34.7 Å². The minimum atomic E-state index is -0.751. The van der Waals surface area contributed by atoms with Crippen LogP contribution < -0.4 is 16.4 Å². The summed E-state index contributed by atoms with van der Waals surface area (Å²) in [4.78, 5) is 47.2. The number of amides is 2. The fraction of sp³-hybridized carbons (Fsp3) is 0.217. The number of anilines is 3. The Labute approximate surface area is 210 Å². The maximum atomic E-state index is 12.5. The first-order valence-corrected chi connectivity index (χ1v) is 11.5. The van der Waals surface area contributed by atoms with E-state index in [0.717, 1.165) is 23.0 Å². The van der Waals surface area contributed by atoms with Crippen molar-refractivity contribution in [2.24, 2.45) is 0 Å². The van der Waals surface area contributed by atoms with Crippen LogP contribution in [0.25, 0.3) is 0 Å². The van der Waals surface area contributed by atoms with Crippen molar-refractivity contribution in [3.8, 4) is 0 Å². The summed E-state index contributed by atoms with van der Waals surface area (Å²) in [5.41, 5.74) is 14.3. The van der Waals surface area contributed by atoms with E-state index in [9.17, 15) is 29.8 Å². The zero-order chi connectivity index (χ0) is 26.7. The van der Waals surface area contributed by atoms with Crippen molar-refractivity contribution in [2.75, 3.05) is 30.0 Å². The molecule has 0 fully saturated rings. The highest BCUT2D eigenvalue weighted by atomic mass is 32.1. The van der Waals surface area contributed by atoms with Gasteiger partial charge in [0.2, 0.25) is 0 Å². The number of carbonyl (C=O) groups is 2. The molecule has 0 saturated heterocycles. The van der Waals surface area contributed by atoms with Gasteiger partial charge in [-0.25, -0.2) is 0 Å². The quantitative estimate of drug-likeness (QED) is 0.215. The smallest absolute Gasteiger partial charge is 0.333 e. The molecule has 0 saturated carbocycles.